The lowest BCUT2D eigenvalue weighted by Gasteiger charge is -1.98. The maximum atomic E-state index is 11.6. The van der Waals surface area contributed by atoms with Gasteiger partial charge in [0.1, 0.15) is 5.56 Å². The van der Waals surface area contributed by atoms with Gasteiger partial charge in [-0.2, -0.15) is 0 Å². The van der Waals surface area contributed by atoms with E-state index in [2.05, 4.69) is 9.68 Å². The normalized spacial score (nSPS) is 10.3. The van der Waals surface area contributed by atoms with Crippen molar-refractivity contribution in [2.24, 2.45) is 0 Å². The minimum atomic E-state index is -0.606. The summed E-state index contributed by atoms with van der Waals surface area (Å²) in [5, 5.41) is 2.50. The fourth-order valence-electron chi connectivity index (χ4n) is 1.54. The summed E-state index contributed by atoms with van der Waals surface area (Å²) in [5.74, 6) is -0.214. The number of ketones is 1. The Morgan fingerprint density at radius 1 is 1.31 bits per heavy atom. The summed E-state index contributed by atoms with van der Waals surface area (Å²) in [6.07, 6.45) is 0.280. The third-order valence-electron chi connectivity index (χ3n) is 2.36. The highest BCUT2D eigenvalue weighted by molar-refractivity contribution is 6.00. The van der Waals surface area contributed by atoms with E-state index in [0.717, 1.165) is 5.56 Å². The second-order valence-corrected chi connectivity index (χ2v) is 3.38. The van der Waals surface area contributed by atoms with E-state index in [0.29, 0.717) is 5.69 Å². The van der Waals surface area contributed by atoms with Crippen LogP contribution < -0.4 is 5.63 Å². The molecule has 0 radical (unpaired) electrons. The first-order valence-electron chi connectivity index (χ1n) is 5.04. The highest BCUT2D eigenvalue weighted by Gasteiger charge is 2.19. The zero-order valence-electron chi connectivity index (χ0n) is 8.82. The van der Waals surface area contributed by atoms with Crippen molar-refractivity contribution in [1.29, 1.82) is 0 Å². The highest BCUT2D eigenvalue weighted by atomic mass is 16.5. The molecule has 1 aromatic carbocycles. The van der Waals surface area contributed by atoms with Crippen LogP contribution in [0, 0.1) is 0 Å². The zero-order chi connectivity index (χ0) is 11.5. The molecule has 1 aromatic heterocycles. The van der Waals surface area contributed by atoms with Crippen LogP contribution in [-0.2, 0) is 0 Å². The summed E-state index contributed by atoms with van der Waals surface area (Å²) in [6, 6.07) is 9.16. The Morgan fingerprint density at radius 3 is 2.62 bits per heavy atom. The quantitative estimate of drug-likeness (QED) is 0.802. The van der Waals surface area contributed by atoms with E-state index in [1.807, 2.05) is 30.3 Å². The molecule has 2 rings (SSSR count). The molecule has 0 atom stereocenters. The molecule has 0 unspecified atom stereocenters. The van der Waals surface area contributed by atoms with Crippen molar-refractivity contribution >= 4 is 5.78 Å². The predicted octanol–water partition coefficient (Wildman–Crippen LogP) is 2.23. The summed E-state index contributed by atoms with van der Waals surface area (Å²) in [4.78, 5) is 23.0. The van der Waals surface area contributed by atoms with Gasteiger partial charge in [0.05, 0.1) is 5.69 Å². The van der Waals surface area contributed by atoms with Crippen LogP contribution in [0.5, 0.6) is 0 Å². The van der Waals surface area contributed by atoms with Crippen molar-refractivity contribution in [2.75, 3.05) is 0 Å². The van der Waals surface area contributed by atoms with E-state index < -0.39 is 5.63 Å². The van der Waals surface area contributed by atoms with Gasteiger partial charge in [0.2, 0.25) is 0 Å². The summed E-state index contributed by atoms with van der Waals surface area (Å²) in [7, 11) is 0. The summed E-state index contributed by atoms with van der Waals surface area (Å²) in [5.41, 5.74) is 0.724. The summed E-state index contributed by atoms with van der Waals surface area (Å²) in [6.45, 7) is 1.71. The van der Waals surface area contributed by atoms with Crippen LogP contribution in [0.25, 0.3) is 11.3 Å². The van der Waals surface area contributed by atoms with Crippen LogP contribution in [0.2, 0.25) is 0 Å². The van der Waals surface area contributed by atoms with Crippen molar-refractivity contribution in [3.63, 3.8) is 0 Å². The van der Waals surface area contributed by atoms with Crippen LogP contribution >= 0.6 is 0 Å². The van der Waals surface area contributed by atoms with Gasteiger partial charge in [-0.05, 0) is 0 Å². The van der Waals surface area contributed by atoms with Gasteiger partial charge in [0.15, 0.2) is 5.78 Å². The van der Waals surface area contributed by atoms with E-state index in [9.17, 15) is 9.59 Å². The van der Waals surface area contributed by atoms with E-state index in [1.54, 1.807) is 6.92 Å². The van der Waals surface area contributed by atoms with Gasteiger partial charge in [0.25, 0.3) is 0 Å². The lowest BCUT2D eigenvalue weighted by atomic mass is 10.0. The molecular weight excluding hydrogens is 206 g/mol. The maximum Gasteiger partial charge on any atom is 0.368 e. The van der Waals surface area contributed by atoms with Crippen molar-refractivity contribution in [3.05, 3.63) is 46.3 Å². The smallest absolute Gasteiger partial charge is 0.338 e. The number of hydrogen-bond acceptors (Lipinski definition) is 3. The van der Waals surface area contributed by atoms with Gasteiger partial charge in [-0.25, -0.2) is 9.95 Å². The Hall–Kier alpha value is -2.10. The maximum absolute atomic E-state index is 11.6. The third kappa shape index (κ3) is 1.69. The highest BCUT2D eigenvalue weighted by Crippen LogP contribution is 2.19. The molecule has 0 aliphatic carbocycles. The average Bonchev–Trinajstić information content (AvgIpc) is 2.71. The molecule has 16 heavy (non-hydrogen) atoms. The standard InChI is InChI=1S/C12H11NO3/c1-2-9(14)10-11(13-16-12(10)15)8-6-4-3-5-7-8/h3-7,13H,2H2,1H3. The molecule has 0 aliphatic heterocycles. The number of nitrogens with one attached hydrogen (secondary N) is 1. The van der Waals surface area contributed by atoms with Crippen LogP contribution in [0.3, 0.4) is 0 Å². The Morgan fingerprint density at radius 2 is 2.00 bits per heavy atom. The summed E-state index contributed by atoms with van der Waals surface area (Å²) >= 11 is 0. The topological polar surface area (TPSA) is 63.1 Å². The Kier molecular flexibility index (Phi) is 2.72. The fraction of sp³-hybridized carbons (Fsp3) is 0.167. The van der Waals surface area contributed by atoms with Crippen molar-refractivity contribution in [3.8, 4) is 11.3 Å². The lowest BCUT2D eigenvalue weighted by Crippen LogP contribution is -2.09. The van der Waals surface area contributed by atoms with E-state index in [1.165, 1.54) is 0 Å². The lowest BCUT2D eigenvalue weighted by molar-refractivity contribution is 0.0986. The molecule has 0 bridgehead atoms. The number of aromatic nitrogens is 1. The monoisotopic (exact) mass is 217 g/mol. The molecule has 0 aliphatic rings. The number of benzene rings is 1. The molecule has 0 saturated carbocycles. The first-order valence-corrected chi connectivity index (χ1v) is 5.04. The minimum Gasteiger partial charge on any atom is -0.338 e. The van der Waals surface area contributed by atoms with Crippen LogP contribution in [0.4, 0.5) is 0 Å². The Balaban J connectivity index is 2.59. The first-order chi connectivity index (χ1) is 7.74. The average molecular weight is 217 g/mol. The molecule has 0 spiro atoms. The Bertz CT molecular complexity index is 551. The number of carbonyl (C=O) groups is 1. The van der Waals surface area contributed by atoms with Gasteiger partial charge in [-0.1, -0.05) is 37.3 Å². The number of carbonyl (C=O) groups excluding carboxylic acids is 1. The third-order valence-corrected chi connectivity index (χ3v) is 2.36. The first kappa shape index (κ1) is 10.4. The molecule has 0 fully saturated rings. The van der Waals surface area contributed by atoms with Crippen LogP contribution in [0.1, 0.15) is 23.7 Å². The number of rotatable bonds is 3. The number of hydrogen-bond donors (Lipinski definition) is 1. The zero-order valence-corrected chi connectivity index (χ0v) is 8.82. The molecule has 1 N–H and O–H groups in total. The van der Waals surface area contributed by atoms with Crippen LogP contribution in [-0.4, -0.2) is 10.9 Å². The Labute approximate surface area is 91.9 Å². The van der Waals surface area contributed by atoms with Gasteiger partial charge in [-0.3, -0.25) is 4.79 Å². The van der Waals surface area contributed by atoms with E-state index >= 15 is 0 Å². The van der Waals surface area contributed by atoms with Crippen molar-refractivity contribution in [1.82, 2.24) is 5.16 Å². The van der Waals surface area contributed by atoms with Gasteiger partial charge in [-0.15, -0.1) is 0 Å². The van der Waals surface area contributed by atoms with E-state index in [4.69, 9.17) is 0 Å². The van der Waals surface area contributed by atoms with Gasteiger partial charge < -0.3 is 4.52 Å². The van der Waals surface area contributed by atoms with Crippen LogP contribution in [0.15, 0.2) is 39.6 Å². The minimum absolute atomic E-state index is 0.105. The number of aromatic amines is 1. The fourth-order valence-corrected chi connectivity index (χ4v) is 1.54. The van der Waals surface area contributed by atoms with Gasteiger partial charge in [0, 0.05) is 12.0 Å². The second-order valence-electron chi connectivity index (χ2n) is 3.38. The molecule has 0 saturated heterocycles. The molecular formula is C12H11NO3. The molecule has 4 heteroatoms. The largest absolute Gasteiger partial charge is 0.368 e. The predicted molar refractivity (Wildman–Crippen MR) is 59.4 cm³/mol. The molecule has 1 heterocycles. The van der Waals surface area contributed by atoms with Crippen molar-refractivity contribution < 1.29 is 9.32 Å². The molecule has 82 valence electrons. The molecule has 2 aromatic rings. The molecule has 4 nitrogen and oxygen atoms in total. The van der Waals surface area contributed by atoms with E-state index in [-0.39, 0.29) is 17.8 Å². The number of H-pyrrole nitrogens is 1. The number of Topliss-reactive ketones (excluding diaryl/α,β-unsaturated/α-hetero) is 1. The van der Waals surface area contributed by atoms with Crippen molar-refractivity contribution in [2.45, 2.75) is 13.3 Å². The molecule has 0 amide bonds. The summed E-state index contributed by atoms with van der Waals surface area (Å²) < 4.78 is 4.67. The SMILES string of the molecule is CCC(=O)c1c(-c2ccccc2)[nH]oc1=O. The second kappa shape index (κ2) is 4.18. The van der Waals surface area contributed by atoms with Gasteiger partial charge >= 0.3 is 5.63 Å².